The van der Waals surface area contributed by atoms with Crippen LogP contribution in [-0.2, 0) is 4.79 Å². The van der Waals surface area contributed by atoms with E-state index >= 15 is 0 Å². The summed E-state index contributed by atoms with van der Waals surface area (Å²) < 4.78 is 1.56. The topological polar surface area (TPSA) is 146 Å². The number of anilines is 1. The summed E-state index contributed by atoms with van der Waals surface area (Å²) in [6.07, 6.45) is 0. The number of thioether (sulfide) groups is 1. The van der Waals surface area contributed by atoms with E-state index in [1.165, 1.54) is 4.80 Å². The number of nitrogens with two attached hydrogens (primary N) is 1. The Morgan fingerprint density at radius 1 is 1.03 bits per heavy atom. The van der Waals surface area contributed by atoms with Crippen molar-refractivity contribution in [1.82, 2.24) is 35.2 Å². The molecule has 12 heteroatoms. The number of nitrogens with one attached hydrogen (secondary N) is 1. The first kappa shape index (κ1) is 21.2. The Labute approximate surface area is 187 Å². The van der Waals surface area contributed by atoms with E-state index in [2.05, 4.69) is 31.0 Å². The maximum Gasteiger partial charge on any atom is 0.273 e. The molecule has 0 spiro atoms. The average Bonchev–Trinajstić information content (AvgIpc) is 3.42. The molecule has 2 aromatic carbocycles. The number of hydrogen-bond acceptors (Lipinski definition) is 8. The summed E-state index contributed by atoms with van der Waals surface area (Å²) in [5.41, 5.74) is 8.94. The van der Waals surface area contributed by atoms with Crippen LogP contribution in [0, 0.1) is 13.8 Å². The van der Waals surface area contributed by atoms with Crippen LogP contribution in [0.15, 0.2) is 53.7 Å². The standard InChI is InChI=1S/C20H19N9O2S/c1-12-8-9-15(10-13(12)2)28-20(23-26-27-28)32-11-16(30)22-19-17(18(21)31)24-29(25-19)14-6-4-3-5-7-14/h3-10H,11H2,1-2H3,(H2,21,31)(H,22,25,30). The van der Waals surface area contributed by atoms with Crippen molar-refractivity contribution in [3.05, 3.63) is 65.4 Å². The first-order chi connectivity index (χ1) is 15.4. The van der Waals surface area contributed by atoms with Gasteiger partial charge in [-0.15, -0.1) is 20.1 Å². The molecule has 0 bridgehead atoms. The molecule has 11 nitrogen and oxygen atoms in total. The molecule has 32 heavy (non-hydrogen) atoms. The van der Waals surface area contributed by atoms with Crippen molar-refractivity contribution in [2.45, 2.75) is 19.0 Å². The molecule has 4 aromatic rings. The number of aryl methyl sites for hydroxylation is 2. The third-order valence-electron chi connectivity index (χ3n) is 4.60. The number of nitrogens with zero attached hydrogens (tertiary/aromatic N) is 7. The molecule has 0 aliphatic carbocycles. The molecular formula is C20H19N9O2S. The van der Waals surface area contributed by atoms with Crippen molar-refractivity contribution >= 4 is 29.4 Å². The number of primary amides is 1. The smallest absolute Gasteiger partial charge is 0.273 e. The molecule has 0 aliphatic rings. The fourth-order valence-electron chi connectivity index (χ4n) is 2.82. The van der Waals surface area contributed by atoms with Crippen molar-refractivity contribution in [1.29, 1.82) is 0 Å². The Hall–Kier alpha value is -4.06. The minimum Gasteiger partial charge on any atom is -0.364 e. The highest BCUT2D eigenvalue weighted by Crippen LogP contribution is 2.21. The molecule has 162 valence electrons. The van der Waals surface area contributed by atoms with Crippen LogP contribution in [-0.4, -0.2) is 52.8 Å². The lowest BCUT2D eigenvalue weighted by Gasteiger charge is -2.07. The molecular weight excluding hydrogens is 430 g/mol. The Balaban J connectivity index is 1.47. The molecule has 0 radical (unpaired) electrons. The predicted molar refractivity (Wildman–Crippen MR) is 118 cm³/mol. The third-order valence-corrected chi connectivity index (χ3v) is 5.52. The fraction of sp³-hybridized carbons (Fsp3) is 0.150. The highest BCUT2D eigenvalue weighted by atomic mass is 32.2. The van der Waals surface area contributed by atoms with Gasteiger partial charge < -0.3 is 11.1 Å². The summed E-state index contributed by atoms with van der Waals surface area (Å²) in [6, 6.07) is 14.8. The number of rotatable bonds is 7. The van der Waals surface area contributed by atoms with Crippen LogP contribution in [0.25, 0.3) is 11.4 Å². The fourth-order valence-corrected chi connectivity index (χ4v) is 3.51. The molecule has 0 atom stereocenters. The maximum absolute atomic E-state index is 12.5. The quantitative estimate of drug-likeness (QED) is 0.405. The van der Waals surface area contributed by atoms with Crippen molar-refractivity contribution in [3.63, 3.8) is 0 Å². The number of tetrazole rings is 1. The van der Waals surface area contributed by atoms with E-state index in [1.54, 1.807) is 28.9 Å². The second-order valence-electron chi connectivity index (χ2n) is 6.87. The van der Waals surface area contributed by atoms with Crippen LogP contribution in [0.1, 0.15) is 21.6 Å². The molecule has 0 fully saturated rings. The summed E-state index contributed by atoms with van der Waals surface area (Å²) >= 11 is 1.15. The molecule has 0 unspecified atom stereocenters. The van der Waals surface area contributed by atoms with Crippen molar-refractivity contribution in [3.8, 4) is 11.4 Å². The number of benzene rings is 2. The lowest BCUT2D eigenvalue weighted by molar-refractivity contribution is -0.113. The SMILES string of the molecule is Cc1ccc(-n2nnnc2SCC(=O)Nc2nn(-c3ccccc3)nc2C(N)=O)cc1C. The van der Waals surface area contributed by atoms with Gasteiger partial charge in [0.05, 0.1) is 17.1 Å². The van der Waals surface area contributed by atoms with Gasteiger partial charge in [0.1, 0.15) is 0 Å². The van der Waals surface area contributed by atoms with Crippen LogP contribution in [0.4, 0.5) is 5.82 Å². The first-order valence-electron chi connectivity index (χ1n) is 9.53. The summed E-state index contributed by atoms with van der Waals surface area (Å²) in [5.74, 6) is -1.23. The summed E-state index contributed by atoms with van der Waals surface area (Å²) in [6.45, 7) is 4.02. The maximum atomic E-state index is 12.5. The van der Waals surface area contributed by atoms with E-state index in [0.717, 1.165) is 28.6 Å². The van der Waals surface area contributed by atoms with Crippen LogP contribution in [0.2, 0.25) is 0 Å². The van der Waals surface area contributed by atoms with Gasteiger partial charge in [-0.05, 0) is 59.7 Å². The van der Waals surface area contributed by atoms with E-state index in [0.29, 0.717) is 10.8 Å². The van der Waals surface area contributed by atoms with E-state index in [1.807, 2.05) is 38.1 Å². The van der Waals surface area contributed by atoms with Crippen molar-refractivity contribution < 1.29 is 9.59 Å². The second-order valence-corrected chi connectivity index (χ2v) is 7.81. The van der Waals surface area contributed by atoms with Gasteiger partial charge in [0.2, 0.25) is 11.1 Å². The first-order valence-corrected chi connectivity index (χ1v) is 10.5. The van der Waals surface area contributed by atoms with Gasteiger partial charge in [-0.1, -0.05) is 36.0 Å². The number of amides is 2. The molecule has 3 N–H and O–H groups in total. The average molecular weight is 450 g/mol. The largest absolute Gasteiger partial charge is 0.364 e. The molecule has 0 saturated carbocycles. The Kier molecular flexibility index (Phi) is 5.94. The Morgan fingerprint density at radius 3 is 2.53 bits per heavy atom. The van der Waals surface area contributed by atoms with Gasteiger partial charge in [0.25, 0.3) is 5.91 Å². The lowest BCUT2D eigenvalue weighted by Crippen LogP contribution is -2.19. The zero-order valence-corrected chi connectivity index (χ0v) is 18.1. The van der Waals surface area contributed by atoms with E-state index in [9.17, 15) is 9.59 Å². The number of hydrogen-bond donors (Lipinski definition) is 2. The minimum absolute atomic E-state index is 0.0123. The predicted octanol–water partition coefficient (Wildman–Crippen LogP) is 1.69. The van der Waals surface area contributed by atoms with Crippen LogP contribution < -0.4 is 11.1 Å². The van der Waals surface area contributed by atoms with Crippen molar-refractivity contribution in [2.75, 3.05) is 11.1 Å². The van der Waals surface area contributed by atoms with Gasteiger partial charge in [-0.2, -0.15) is 4.68 Å². The molecule has 0 saturated heterocycles. The van der Waals surface area contributed by atoms with Crippen molar-refractivity contribution in [2.24, 2.45) is 5.73 Å². The van der Waals surface area contributed by atoms with Gasteiger partial charge in [0, 0.05) is 0 Å². The van der Waals surface area contributed by atoms with E-state index in [-0.39, 0.29) is 17.3 Å². The molecule has 2 heterocycles. The van der Waals surface area contributed by atoms with Gasteiger partial charge in [-0.25, -0.2) is 0 Å². The third kappa shape index (κ3) is 4.49. The Bertz CT molecular complexity index is 1280. The van der Waals surface area contributed by atoms with Gasteiger partial charge in [-0.3, -0.25) is 9.59 Å². The zero-order chi connectivity index (χ0) is 22.7. The number of carbonyl (C=O) groups excluding carboxylic acids is 2. The highest BCUT2D eigenvalue weighted by molar-refractivity contribution is 7.99. The lowest BCUT2D eigenvalue weighted by atomic mass is 10.1. The van der Waals surface area contributed by atoms with Gasteiger partial charge in [0.15, 0.2) is 11.5 Å². The second kappa shape index (κ2) is 8.98. The molecule has 0 aliphatic heterocycles. The normalized spacial score (nSPS) is 10.8. The van der Waals surface area contributed by atoms with Crippen LogP contribution >= 0.6 is 11.8 Å². The van der Waals surface area contributed by atoms with E-state index < -0.39 is 11.8 Å². The van der Waals surface area contributed by atoms with Crippen LogP contribution in [0.3, 0.4) is 0 Å². The number of aromatic nitrogens is 7. The monoisotopic (exact) mass is 449 g/mol. The van der Waals surface area contributed by atoms with Gasteiger partial charge >= 0.3 is 0 Å². The molecule has 4 rings (SSSR count). The van der Waals surface area contributed by atoms with Crippen LogP contribution in [0.5, 0.6) is 0 Å². The minimum atomic E-state index is -0.797. The molecule has 2 amide bonds. The summed E-state index contributed by atoms with van der Waals surface area (Å²) in [5, 5.41) is 23.0. The van der Waals surface area contributed by atoms with E-state index in [4.69, 9.17) is 5.73 Å². The number of carbonyl (C=O) groups is 2. The number of para-hydroxylation sites is 1. The highest BCUT2D eigenvalue weighted by Gasteiger charge is 2.20. The zero-order valence-electron chi connectivity index (χ0n) is 17.3. The summed E-state index contributed by atoms with van der Waals surface area (Å²) in [4.78, 5) is 25.5. The molecule has 2 aromatic heterocycles. The Morgan fingerprint density at radius 2 is 1.81 bits per heavy atom. The summed E-state index contributed by atoms with van der Waals surface area (Å²) in [7, 11) is 0.